The Hall–Kier alpha value is -2.68. The monoisotopic (exact) mass is 331 g/mol. The minimum Gasteiger partial charge on any atom is -0.483 e. The highest BCUT2D eigenvalue weighted by molar-refractivity contribution is 5.82. The van der Waals surface area contributed by atoms with Gasteiger partial charge in [-0.25, -0.2) is 0 Å². The molecule has 3 aromatic rings. The molecule has 5 rings (SSSR count). The van der Waals surface area contributed by atoms with Crippen molar-refractivity contribution >= 4 is 17.3 Å². The van der Waals surface area contributed by atoms with Crippen molar-refractivity contribution in [1.82, 2.24) is 0 Å². The lowest BCUT2D eigenvalue weighted by Crippen LogP contribution is -2.15. The average molecular weight is 331 g/mol. The second kappa shape index (κ2) is 5.69. The highest BCUT2D eigenvalue weighted by atomic mass is 16.5. The maximum atomic E-state index is 6.10. The number of rotatable bonds is 1. The number of benzene rings is 2. The van der Waals surface area contributed by atoms with Gasteiger partial charge >= 0.3 is 0 Å². The van der Waals surface area contributed by atoms with E-state index in [-0.39, 0.29) is 0 Å². The Morgan fingerprint density at radius 1 is 0.880 bits per heavy atom. The summed E-state index contributed by atoms with van der Waals surface area (Å²) in [6, 6.07) is 17.1. The largest absolute Gasteiger partial charge is 0.483 e. The lowest BCUT2D eigenvalue weighted by atomic mass is 9.90. The number of ether oxygens (including phenoxy) is 1. The fourth-order valence-electron chi connectivity index (χ4n) is 4.06. The molecule has 3 heteroatoms. The Kier molecular flexibility index (Phi) is 3.34. The summed E-state index contributed by atoms with van der Waals surface area (Å²) in [7, 11) is 0. The number of para-hydroxylation sites is 1. The van der Waals surface area contributed by atoms with Gasteiger partial charge in [-0.1, -0.05) is 30.3 Å². The first-order chi connectivity index (χ1) is 12.3. The molecule has 2 aromatic carbocycles. The van der Waals surface area contributed by atoms with E-state index in [0.29, 0.717) is 6.61 Å². The molecule has 1 aromatic heterocycles. The van der Waals surface area contributed by atoms with Crippen LogP contribution in [0.1, 0.15) is 35.3 Å². The number of anilines is 3. The zero-order chi connectivity index (χ0) is 16.8. The topological polar surface area (TPSA) is 25.6 Å². The number of aryl methyl sites for hydroxylation is 2. The van der Waals surface area contributed by atoms with Crippen molar-refractivity contribution < 1.29 is 9.15 Å². The van der Waals surface area contributed by atoms with Crippen LogP contribution in [0, 0.1) is 6.92 Å². The third-order valence-corrected chi connectivity index (χ3v) is 5.23. The quantitative estimate of drug-likeness (QED) is 0.561. The van der Waals surface area contributed by atoms with E-state index in [1.54, 1.807) is 0 Å². The summed E-state index contributed by atoms with van der Waals surface area (Å²) in [5.74, 6) is 2.49. The molecule has 0 radical (unpaired) electrons. The number of furan rings is 1. The van der Waals surface area contributed by atoms with E-state index in [1.807, 2.05) is 13.0 Å². The van der Waals surface area contributed by atoms with E-state index in [0.717, 1.165) is 29.5 Å². The van der Waals surface area contributed by atoms with Crippen molar-refractivity contribution in [3.8, 4) is 5.75 Å². The minimum atomic E-state index is 0.563. The second-order valence-electron chi connectivity index (χ2n) is 6.90. The molecule has 1 aliphatic carbocycles. The van der Waals surface area contributed by atoms with Crippen molar-refractivity contribution in [3.05, 3.63) is 71.0 Å². The van der Waals surface area contributed by atoms with E-state index in [2.05, 4.69) is 47.4 Å². The van der Waals surface area contributed by atoms with Crippen LogP contribution in [0.15, 0.2) is 52.9 Å². The molecule has 0 N–H and O–H groups in total. The zero-order valence-corrected chi connectivity index (χ0v) is 14.4. The Labute approximate surface area is 147 Å². The van der Waals surface area contributed by atoms with Crippen LogP contribution < -0.4 is 9.64 Å². The maximum absolute atomic E-state index is 6.10. The highest BCUT2D eigenvalue weighted by Crippen LogP contribution is 2.47. The molecular weight excluding hydrogens is 310 g/mol. The van der Waals surface area contributed by atoms with Crippen LogP contribution in [-0.2, 0) is 19.4 Å². The molecule has 0 bridgehead atoms. The van der Waals surface area contributed by atoms with Crippen LogP contribution in [0.3, 0.4) is 0 Å². The summed E-state index contributed by atoms with van der Waals surface area (Å²) in [6.07, 6.45) is 4.82. The van der Waals surface area contributed by atoms with E-state index in [4.69, 9.17) is 9.15 Å². The van der Waals surface area contributed by atoms with Gasteiger partial charge in [-0.2, -0.15) is 0 Å². The van der Waals surface area contributed by atoms with Crippen molar-refractivity contribution in [2.24, 2.45) is 0 Å². The van der Waals surface area contributed by atoms with E-state index in [9.17, 15) is 0 Å². The van der Waals surface area contributed by atoms with Gasteiger partial charge in [0.25, 0.3) is 0 Å². The van der Waals surface area contributed by atoms with E-state index >= 15 is 0 Å². The molecule has 126 valence electrons. The normalized spacial score (nSPS) is 15.6. The van der Waals surface area contributed by atoms with Gasteiger partial charge in [-0.05, 0) is 55.9 Å². The molecule has 0 saturated carbocycles. The summed E-state index contributed by atoms with van der Waals surface area (Å²) in [5, 5.41) is 0. The molecule has 3 nitrogen and oxygen atoms in total. The average Bonchev–Trinajstić information content (AvgIpc) is 2.94. The zero-order valence-electron chi connectivity index (χ0n) is 14.4. The van der Waals surface area contributed by atoms with Gasteiger partial charge in [-0.15, -0.1) is 0 Å². The van der Waals surface area contributed by atoms with E-state index < -0.39 is 0 Å². The molecular formula is C22H21NO2. The van der Waals surface area contributed by atoms with Crippen molar-refractivity contribution in [2.45, 2.75) is 39.2 Å². The molecule has 25 heavy (non-hydrogen) atoms. The van der Waals surface area contributed by atoms with Crippen molar-refractivity contribution in [3.63, 3.8) is 0 Å². The maximum Gasteiger partial charge on any atom is 0.247 e. The standard InChI is InChI=1S/C22H21NO2/c1-15-13-21-22(25-15)23(19-11-5-3-8-17(19)14-24-21)20-12-6-9-16-7-2-4-10-18(16)20/h3,5-6,8-9,11-13H,2,4,7,10,14H2,1H3. The van der Waals surface area contributed by atoms with Crippen molar-refractivity contribution in [2.75, 3.05) is 4.90 Å². The van der Waals surface area contributed by atoms with Crippen LogP contribution in [0.5, 0.6) is 5.75 Å². The smallest absolute Gasteiger partial charge is 0.247 e. The van der Waals surface area contributed by atoms with Crippen LogP contribution in [0.4, 0.5) is 17.3 Å². The van der Waals surface area contributed by atoms with Crippen LogP contribution in [0.25, 0.3) is 0 Å². The van der Waals surface area contributed by atoms with Gasteiger partial charge in [0.1, 0.15) is 12.4 Å². The third-order valence-electron chi connectivity index (χ3n) is 5.23. The van der Waals surface area contributed by atoms with Gasteiger partial charge in [-0.3, -0.25) is 4.90 Å². The molecule has 0 unspecified atom stereocenters. The Morgan fingerprint density at radius 3 is 2.64 bits per heavy atom. The number of nitrogens with zero attached hydrogens (tertiary/aromatic N) is 1. The van der Waals surface area contributed by atoms with Crippen LogP contribution in [0.2, 0.25) is 0 Å². The summed E-state index contributed by atoms with van der Waals surface area (Å²) in [6.45, 7) is 2.54. The molecule has 0 fully saturated rings. The fourth-order valence-corrected chi connectivity index (χ4v) is 4.06. The molecule has 0 saturated heterocycles. The number of hydrogen-bond acceptors (Lipinski definition) is 3. The van der Waals surface area contributed by atoms with Crippen molar-refractivity contribution in [1.29, 1.82) is 0 Å². The molecule has 2 heterocycles. The first-order valence-electron chi connectivity index (χ1n) is 9.03. The lowest BCUT2D eigenvalue weighted by molar-refractivity contribution is 0.308. The molecule has 0 amide bonds. The Balaban J connectivity index is 1.78. The first-order valence-corrected chi connectivity index (χ1v) is 9.03. The van der Waals surface area contributed by atoms with Gasteiger partial charge in [0.15, 0.2) is 5.75 Å². The van der Waals surface area contributed by atoms with E-state index in [1.165, 1.54) is 41.6 Å². The summed E-state index contributed by atoms with van der Waals surface area (Å²) in [5.41, 5.74) is 6.47. The summed E-state index contributed by atoms with van der Waals surface area (Å²) in [4.78, 5) is 2.26. The first kappa shape index (κ1) is 14.6. The highest BCUT2D eigenvalue weighted by Gasteiger charge is 2.29. The summed E-state index contributed by atoms with van der Waals surface area (Å²) >= 11 is 0. The predicted octanol–water partition coefficient (Wildman–Crippen LogP) is 5.83. The minimum absolute atomic E-state index is 0.563. The molecule has 0 atom stereocenters. The predicted molar refractivity (Wildman–Crippen MR) is 99.1 cm³/mol. The Morgan fingerprint density at radius 2 is 1.68 bits per heavy atom. The van der Waals surface area contributed by atoms with Gasteiger partial charge in [0.2, 0.25) is 5.88 Å². The van der Waals surface area contributed by atoms with Crippen LogP contribution >= 0.6 is 0 Å². The van der Waals surface area contributed by atoms with Gasteiger partial charge < -0.3 is 9.15 Å². The molecule has 0 spiro atoms. The van der Waals surface area contributed by atoms with Gasteiger partial charge in [0.05, 0.1) is 11.4 Å². The lowest BCUT2D eigenvalue weighted by Gasteiger charge is -2.28. The van der Waals surface area contributed by atoms with Gasteiger partial charge in [0, 0.05) is 11.6 Å². The SMILES string of the molecule is Cc1cc2c(o1)N(c1cccc3c1CCCC3)c1ccccc1CO2. The molecule has 2 aliphatic rings. The summed E-state index contributed by atoms with van der Waals surface area (Å²) < 4.78 is 12.2. The van der Waals surface area contributed by atoms with Crippen LogP contribution in [-0.4, -0.2) is 0 Å². The number of hydrogen-bond donors (Lipinski definition) is 0. The fraction of sp³-hybridized carbons (Fsp3) is 0.273. The number of fused-ring (bicyclic) bond motifs is 3. The second-order valence-corrected chi connectivity index (χ2v) is 6.90. The third kappa shape index (κ3) is 2.34. The Bertz CT molecular complexity index is 941. The molecule has 1 aliphatic heterocycles.